The van der Waals surface area contributed by atoms with E-state index in [9.17, 15) is 14.7 Å². The Morgan fingerprint density at radius 2 is 1.41 bits per heavy atom. The normalized spacial score (nSPS) is 22.4. The number of β-amino-alcohol motifs (C(OH)–C–C–N with tert-alkyl or cyclic N) is 1. The molecule has 2 aliphatic rings. The molecule has 198 valence electrons. The van der Waals surface area contributed by atoms with Crippen molar-refractivity contribution in [2.24, 2.45) is 0 Å². The third-order valence-electron chi connectivity index (χ3n) is 8.01. The van der Waals surface area contributed by atoms with Crippen molar-refractivity contribution in [2.45, 2.75) is 134 Å². The average Bonchev–Trinajstić information content (AvgIpc) is 2.95. The Morgan fingerprint density at radius 3 is 1.94 bits per heavy atom. The van der Waals surface area contributed by atoms with Gasteiger partial charge in [-0.3, -0.25) is 14.6 Å². The molecule has 0 aliphatic carbocycles. The lowest BCUT2D eigenvalue weighted by molar-refractivity contribution is -0.140. The van der Waals surface area contributed by atoms with Gasteiger partial charge in [-0.25, -0.2) is 4.79 Å². The zero-order chi connectivity index (χ0) is 25.4. The zero-order valence-electron chi connectivity index (χ0n) is 22.8. The summed E-state index contributed by atoms with van der Waals surface area (Å²) >= 11 is 0. The monoisotopic (exact) mass is 480 g/mol. The van der Waals surface area contributed by atoms with Crippen LogP contribution in [0.4, 0.5) is 4.79 Å². The summed E-state index contributed by atoms with van der Waals surface area (Å²) in [5.41, 5.74) is -1.34. The second kappa shape index (κ2) is 12.7. The number of hydrogen-bond acceptors (Lipinski definition) is 5. The number of urea groups is 1. The molecule has 0 aromatic carbocycles. The molecule has 7 heteroatoms. The number of piperidine rings is 1. The Labute approximate surface area is 208 Å². The van der Waals surface area contributed by atoms with E-state index in [1.807, 2.05) is 0 Å². The van der Waals surface area contributed by atoms with Crippen LogP contribution < -0.4 is 10.6 Å². The molecule has 1 spiro atoms. The van der Waals surface area contributed by atoms with Crippen molar-refractivity contribution in [3.05, 3.63) is 0 Å². The van der Waals surface area contributed by atoms with Gasteiger partial charge < -0.3 is 15.7 Å². The Hall–Kier alpha value is -1.18. The predicted octanol–water partition coefficient (Wildman–Crippen LogP) is 4.43. The lowest BCUT2D eigenvalue weighted by atomic mass is 9.69. The van der Waals surface area contributed by atoms with Crippen molar-refractivity contribution < 1.29 is 14.7 Å². The summed E-state index contributed by atoms with van der Waals surface area (Å²) in [6, 6.07) is -0.380. The second-order valence-electron chi connectivity index (χ2n) is 12.0. The molecule has 34 heavy (non-hydrogen) atoms. The number of hydrogen-bond donors (Lipinski definition) is 3. The van der Waals surface area contributed by atoms with Gasteiger partial charge in [0.25, 0.3) is 5.91 Å². The van der Waals surface area contributed by atoms with Crippen LogP contribution in [0.2, 0.25) is 0 Å². The molecule has 3 N–H and O–H groups in total. The molecule has 0 saturated carbocycles. The number of amides is 3. The lowest BCUT2D eigenvalue weighted by Gasteiger charge is -2.56. The van der Waals surface area contributed by atoms with E-state index in [2.05, 4.69) is 57.2 Å². The molecule has 0 aromatic rings. The number of carbonyl (C=O) groups is 2. The second-order valence-corrected chi connectivity index (χ2v) is 12.0. The van der Waals surface area contributed by atoms with Crippen LogP contribution in [-0.2, 0) is 4.79 Å². The molecule has 2 saturated heterocycles. The van der Waals surface area contributed by atoms with Crippen LogP contribution in [-0.4, -0.2) is 76.2 Å². The molecule has 3 amide bonds. The number of aliphatic hydroxyl groups excluding tert-OH is 1. The molecule has 0 aromatic heterocycles. The number of nitrogens with zero attached hydrogens (tertiary/aromatic N) is 2. The van der Waals surface area contributed by atoms with E-state index >= 15 is 0 Å². The first-order valence-electron chi connectivity index (χ1n) is 13.7. The van der Waals surface area contributed by atoms with E-state index in [1.165, 1.54) is 62.7 Å². The van der Waals surface area contributed by atoms with E-state index in [0.717, 1.165) is 13.0 Å². The van der Waals surface area contributed by atoms with Crippen molar-refractivity contribution >= 4 is 11.9 Å². The molecule has 0 bridgehead atoms. The van der Waals surface area contributed by atoms with Gasteiger partial charge in [-0.05, 0) is 60.5 Å². The van der Waals surface area contributed by atoms with E-state index in [-0.39, 0.29) is 29.6 Å². The summed E-state index contributed by atoms with van der Waals surface area (Å²) in [6.45, 7) is 12.0. The highest BCUT2D eigenvalue weighted by Gasteiger charge is 2.60. The molecule has 2 aliphatic heterocycles. The van der Waals surface area contributed by atoms with Gasteiger partial charge in [0, 0.05) is 17.6 Å². The van der Waals surface area contributed by atoms with E-state index in [4.69, 9.17) is 0 Å². The van der Waals surface area contributed by atoms with Crippen molar-refractivity contribution in [1.82, 2.24) is 20.4 Å². The van der Waals surface area contributed by atoms with Crippen molar-refractivity contribution in [3.8, 4) is 0 Å². The first kappa shape index (κ1) is 29.1. The molecular formula is C27H52N4O3. The quantitative estimate of drug-likeness (QED) is 0.238. The van der Waals surface area contributed by atoms with Gasteiger partial charge in [-0.2, -0.15) is 0 Å². The number of carbonyl (C=O) groups excluding carboxylic acids is 2. The molecule has 2 heterocycles. The molecule has 0 radical (unpaired) electrons. The van der Waals surface area contributed by atoms with Gasteiger partial charge in [0.1, 0.15) is 5.54 Å². The van der Waals surface area contributed by atoms with Crippen LogP contribution in [0.25, 0.3) is 0 Å². The van der Waals surface area contributed by atoms with Crippen LogP contribution in [0.3, 0.4) is 0 Å². The highest BCUT2D eigenvalue weighted by atomic mass is 16.3. The summed E-state index contributed by atoms with van der Waals surface area (Å²) in [4.78, 5) is 29.6. The summed E-state index contributed by atoms with van der Waals surface area (Å²) in [5, 5.41) is 16.8. The topological polar surface area (TPSA) is 84.9 Å². The van der Waals surface area contributed by atoms with Gasteiger partial charge in [0.05, 0.1) is 12.6 Å². The summed E-state index contributed by atoms with van der Waals surface area (Å²) < 4.78 is 0. The van der Waals surface area contributed by atoms with E-state index in [1.54, 1.807) is 0 Å². The number of unbranched alkanes of at least 4 members (excludes halogenated alkanes) is 9. The first-order valence-corrected chi connectivity index (χ1v) is 13.7. The SMILES string of the molecule is CCCCCCCCCCCCNCC(O)CN1C(=O)NC2(CC(C)(C)N(C)C(C)(C)C2)C1=O. The van der Waals surface area contributed by atoms with Gasteiger partial charge in [0.15, 0.2) is 0 Å². The van der Waals surface area contributed by atoms with Crippen molar-refractivity contribution in [3.63, 3.8) is 0 Å². The molecule has 2 fully saturated rings. The van der Waals surface area contributed by atoms with Gasteiger partial charge >= 0.3 is 6.03 Å². The van der Waals surface area contributed by atoms with E-state index in [0.29, 0.717) is 19.4 Å². The Bertz CT molecular complexity index is 646. The van der Waals surface area contributed by atoms with Crippen molar-refractivity contribution in [1.29, 1.82) is 0 Å². The molecule has 1 unspecified atom stereocenters. The number of nitrogens with one attached hydrogen (secondary N) is 2. The minimum atomic E-state index is -0.889. The van der Waals surface area contributed by atoms with Gasteiger partial charge in [0.2, 0.25) is 0 Å². The van der Waals surface area contributed by atoms with Gasteiger partial charge in [-0.15, -0.1) is 0 Å². The maximum atomic E-state index is 13.4. The highest BCUT2D eigenvalue weighted by Crippen LogP contribution is 2.44. The summed E-state index contributed by atoms with van der Waals surface area (Å²) in [6.07, 6.45) is 13.4. The number of likely N-dealkylation sites (tertiary alicyclic amines) is 1. The standard InChI is InChI=1S/C27H52N4O3/c1-7-8-9-10-11-12-13-14-15-16-17-28-18-22(32)19-31-23(33)27(29-24(31)34)20-25(2,3)30(6)26(4,5)21-27/h22,28,32H,7-21H2,1-6H3,(H,29,34). The predicted molar refractivity (Wildman–Crippen MR) is 139 cm³/mol. The molecular weight excluding hydrogens is 428 g/mol. The fraction of sp³-hybridized carbons (Fsp3) is 0.926. The fourth-order valence-electron chi connectivity index (χ4n) is 5.96. The summed E-state index contributed by atoms with van der Waals surface area (Å²) in [7, 11) is 2.08. The zero-order valence-corrected chi connectivity index (χ0v) is 22.8. The molecule has 2 rings (SSSR count). The minimum Gasteiger partial charge on any atom is -0.390 e. The number of imide groups is 1. The minimum absolute atomic E-state index is 0.0359. The van der Waals surface area contributed by atoms with Crippen LogP contribution in [0.5, 0.6) is 0 Å². The smallest absolute Gasteiger partial charge is 0.325 e. The van der Waals surface area contributed by atoms with Crippen LogP contribution in [0.1, 0.15) is 112 Å². The number of aliphatic hydroxyl groups is 1. The molecule has 1 atom stereocenters. The maximum Gasteiger partial charge on any atom is 0.325 e. The van der Waals surface area contributed by atoms with Crippen LogP contribution >= 0.6 is 0 Å². The molecule has 7 nitrogen and oxygen atoms in total. The Morgan fingerprint density at radius 1 is 0.912 bits per heavy atom. The lowest BCUT2D eigenvalue weighted by Crippen LogP contribution is -2.68. The maximum absolute atomic E-state index is 13.4. The Kier molecular flexibility index (Phi) is 10.8. The average molecular weight is 481 g/mol. The number of rotatable bonds is 15. The highest BCUT2D eigenvalue weighted by molar-refractivity contribution is 6.07. The van der Waals surface area contributed by atoms with E-state index < -0.39 is 11.6 Å². The summed E-state index contributed by atoms with van der Waals surface area (Å²) in [5.74, 6) is -0.194. The van der Waals surface area contributed by atoms with Crippen LogP contribution in [0, 0.1) is 0 Å². The Balaban J connectivity index is 1.67. The van der Waals surface area contributed by atoms with Crippen LogP contribution in [0.15, 0.2) is 0 Å². The first-order chi connectivity index (χ1) is 15.9. The van der Waals surface area contributed by atoms with Gasteiger partial charge in [-0.1, -0.05) is 64.7 Å². The third-order valence-corrected chi connectivity index (χ3v) is 8.01. The third kappa shape index (κ3) is 7.66. The largest absolute Gasteiger partial charge is 0.390 e. The fourth-order valence-corrected chi connectivity index (χ4v) is 5.96. The van der Waals surface area contributed by atoms with Crippen molar-refractivity contribution in [2.75, 3.05) is 26.7 Å².